The number of esters is 1. The zero-order valence-corrected chi connectivity index (χ0v) is 17.8. The van der Waals surface area contributed by atoms with Gasteiger partial charge in [0.2, 0.25) is 0 Å². The Morgan fingerprint density at radius 1 is 1.23 bits per heavy atom. The first-order valence-corrected chi connectivity index (χ1v) is 10.4. The van der Waals surface area contributed by atoms with E-state index in [-0.39, 0.29) is 22.4 Å². The van der Waals surface area contributed by atoms with E-state index >= 15 is 0 Å². The number of aromatic hydroxyl groups is 1. The fourth-order valence-electron chi connectivity index (χ4n) is 3.49. The number of hydrogen-bond donors (Lipinski definition) is 2. The van der Waals surface area contributed by atoms with Crippen LogP contribution < -0.4 is 10.2 Å². The van der Waals surface area contributed by atoms with Crippen LogP contribution in [0.3, 0.4) is 0 Å². The summed E-state index contributed by atoms with van der Waals surface area (Å²) in [5.74, 6) is -0.598. The number of ether oxygens (including phenoxy) is 1. The van der Waals surface area contributed by atoms with E-state index < -0.39 is 5.97 Å². The van der Waals surface area contributed by atoms with Crippen molar-refractivity contribution < 1.29 is 14.6 Å². The molecule has 4 rings (SSSR count). The van der Waals surface area contributed by atoms with Crippen molar-refractivity contribution in [2.24, 2.45) is 0 Å². The highest BCUT2D eigenvalue weighted by Gasteiger charge is 2.24. The Labute approximate surface area is 183 Å². The van der Waals surface area contributed by atoms with E-state index in [1.54, 1.807) is 31.3 Å². The van der Waals surface area contributed by atoms with Gasteiger partial charge < -0.3 is 20.1 Å². The van der Waals surface area contributed by atoms with Crippen LogP contribution in [0.25, 0.3) is 22.3 Å². The van der Waals surface area contributed by atoms with Crippen LogP contribution in [0, 0.1) is 0 Å². The molecule has 0 amide bonds. The summed E-state index contributed by atoms with van der Waals surface area (Å²) in [5, 5.41) is 13.4. The number of phenolic OH excluding ortho intramolecular Hbond substituents is 1. The first-order chi connectivity index (χ1) is 14.5. The summed E-state index contributed by atoms with van der Waals surface area (Å²) in [7, 11) is 0. The van der Waals surface area contributed by atoms with Gasteiger partial charge in [-0.15, -0.1) is 0 Å². The van der Waals surface area contributed by atoms with E-state index in [0.29, 0.717) is 33.5 Å². The number of phenols is 1. The zero-order valence-electron chi connectivity index (χ0n) is 16.3. The number of pyridine rings is 2. The van der Waals surface area contributed by atoms with Crippen LogP contribution in [0.4, 0.5) is 5.69 Å². The summed E-state index contributed by atoms with van der Waals surface area (Å²) in [4.78, 5) is 24.0. The van der Waals surface area contributed by atoms with Gasteiger partial charge in [-0.05, 0) is 31.2 Å². The Balaban J connectivity index is 1.92. The Kier molecular flexibility index (Phi) is 5.94. The molecule has 1 aromatic carbocycles. The number of nitrogens with one attached hydrogen (secondary N) is 1. The van der Waals surface area contributed by atoms with Gasteiger partial charge in [0.05, 0.1) is 33.6 Å². The predicted molar refractivity (Wildman–Crippen MR) is 118 cm³/mol. The number of aromatic nitrogens is 2. The number of halogens is 2. The number of benzene rings is 1. The van der Waals surface area contributed by atoms with Crippen LogP contribution in [0.1, 0.15) is 17.3 Å². The van der Waals surface area contributed by atoms with Crippen molar-refractivity contribution in [3.63, 3.8) is 0 Å². The third-order valence-corrected chi connectivity index (χ3v) is 5.50. The predicted octanol–water partition coefficient (Wildman–Crippen LogP) is 3.90. The van der Waals surface area contributed by atoms with E-state index in [9.17, 15) is 9.90 Å². The number of carbonyl (C=O) groups is 1. The molecule has 0 atom stereocenters. The van der Waals surface area contributed by atoms with Gasteiger partial charge in [0, 0.05) is 37.9 Å². The monoisotopic (exact) mass is 446 g/mol. The minimum atomic E-state index is -0.427. The van der Waals surface area contributed by atoms with Crippen LogP contribution in [0.2, 0.25) is 10.0 Å². The van der Waals surface area contributed by atoms with Gasteiger partial charge in [-0.3, -0.25) is 4.98 Å². The number of nitrogens with zero attached hydrogens (tertiary/aromatic N) is 3. The lowest BCUT2D eigenvalue weighted by atomic mass is 10.1. The zero-order chi connectivity index (χ0) is 21.3. The maximum absolute atomic E-state index is 12.6. The number of piperazine rings is 1. The van der Waals surface area contributed by atoms with Crippen molar-refractivity contribution in [3.8, 4) is 17.0 Å². The fraction of sp³-hybridized carbons (Fsp3) is 0.286. The normalized spacial score (nSPS) is 14.2. The molecule has 0 unspecified atom stereocenters. The second-order valence-electron chi connectivity index (χ2n) is 6.83. The molecule has 1 aliphatic heterocycles. The number of fused-ring (bicyclic) bond motifs is 1. The number of carbonyl (C=O) groups excluding carboxylic acids is 1. The van der Waals surface area contributed by atoms with Crippen molar-refractivity contribution in [1.29, 1.82) is 0 Å². The highest BCUT2D eigenvalue weighted by molar-refractivity contribution is 6.37. The summed E-state index contributed by atoms with van der Waals surface area (Å²) >= 11 is 12.2. The first-order valence-electron chi connectivity index (χ1n) is 9.60. The molecule has 1 saturated heterocycles. The Morgan fingerprint density at radius 2 is 1.93 bits per heavy atom. The minimum Gasteiger partial charge on any atom is -0.505 e. The molecule has 2 aromatic heterocycles. The molecule has 2 N–H and O–H groups in total. The number of hydrogen-bond acceptors (Lipinski definition) is 7. The minimum absolute atomic E-state index is 0.139. The lowest BCUT2D eigenvalue weighted by Gasteiger charge is -2.31. The highest BCUT2D eigenvalue weighted by atomic mass is 35.5. The summed E-state index contributed by atoms with van der Waals surface area (Å²) in [5.41, 5.74) is 3.61. The molecule has 7 nitrogen and oxygen atoms in total. The molecular formula is C21H20Cl2N4O3. The molecule has 0 spiro atoms. The lowest BCUT2D eigenvalue weighted by molar-refractivity contribution is 0.0526. The van der Waals surface area contributed by atoms with Crippen LogP contribution >= 0.6 is 23.2 Å². The van der Waals surface area contributed by atoms with E-state index in [4.69, 9.17) is 32.9 Å². The molecule has 0 bridgehead atoms. The molecule has 1 fully saturated rings. The second-order valence-corrected chi connectivity index (χ2v) is 7.65. The Hall–Kier alpha value is -2.61. The Bertz CT molecular complexity index is 1090. The van der Waals surface area contributed by atoms with Crippen LogP contribution in [-0.2, 0) is 4.74 Å². The average Bonchev–Trinajstić information content (AvgIpc) is 2.76. The maximum atomic E-state index is 12.6. The first kappa shape index (κ1) is 20.7. The molecule has 9 heteroatoms. The van der Waals surface area contributed by atoms with Gasteiger partial charge in [0.15, 0.2) is 5.75 Å². The molecule has 0 radical (unpaired) electrons. The summed E-state index contributed by atoms with van der Waals surface area (Å²) in [6.45, 7) is 5.11. The van der Waals surface area contributed by atoms with E-state index in [1.165, 1.54) is 0 Å². The van der Waals surface area contributed by atoms with Crippen molar-refractivity contribution in [3.05, 3.63) is 46.1 Å². The summed E-state index contributed by atoms with van der Waals surface area (Å²) < 4.78 is 5.26. The van der Waals surface area contributed by atoms with E-state index in [0.717, 1.165) is 26.2 Å². The van der Waals surface area contributed by atoms with Gasteiger partial charge in [-0.25, -0.2) is 9.78 Å². The van der Waals surface area contributed by atoms with Crippen molar-refractivity contribution in [2.45, 2.75) is 6.92 Å². The van der Waals surface area contributed by atoms with E-state index in [1.807, 2.05) is 6.07 Å². The molecule has 156 valence electrons. The van der Waals surface area contributed by atoms with Gasteiger partial charge >= 0.3 is 5.97 Å². The topological polar surface area (TPSA) is 87.6 Å². The van der Waals surface area contributed by atoms with Gasteiger partial charge in [0.1, 0.15) is 11.1 Å². The third-order valence-electron chi connectivity index (χ3n) is 4.93. The fourth-order valence-corrected chi connectivity index (χ4v) is 3.98. The highest BCUT2D eigenvalue weighted by Crippen LogP contribution is 2.37. The van der Waals surface area contributed by atoms with Gasteiger partial charge in [-0.2, -0.15) is 0 Å². The van der Waals surface area contributed by atoms with Crippen molar-refractivity contribution in [2.75, 3.05) is 37.7 Å². The van der Waals surface area contributed by atoms with E-state index in [2.05, 4.69) is 15.2 Å². The van der Waals surface area contributed by atoms with Gasteiger partial charge in [0.25, 0.3) is 0 Å². The number of anilines is 1. The molecule has 1 aliphatic rings. The standard InChI is InChI=1S/C21H20Cl2N4O3/c1-2-30-21(29)13-11-25-17-4-3-16(12-9-14(22)20(28)15(23)10-12)26-18(17)19(13)27-7-5-24-6-8-27/h3-4,9-11,24,28H,2,5-8H2,1H3. The molecule has 3 aromatic rings. The maximum Gasteiger partial charge on any atom is 0.341 e. The van der Waals surface area contributed by atoms with Crippen molar-refractivity contribution >= 4 is 45.9 Å². The molecule has 0 saturated carbocycles. The molecule has 30 heavy (non-hydrogen) atoms. The third kappa shape index (κ3) is 3.88. The number of rotatable bonds is 4. The average molecular weight is 447 g/mol. The lowest BCUT2D eigenvalue weighted by Crippen LogP contribution is -2.44. The molecule has 3 heterocycles. The largest absolute Gasteiger partial charge is 0.505 e. The molecular weight excluding hydrogens is 427 g/mol. The van der Waals surface area contributed by atoms with Gasteiger partial charge in [-0.1, -0.05) is 23.2 Å². The van der Waals surface area contributed by atoms with Crippen LogP contribution in [0.5, 0.6) is 5.75 Å². The van der Waals surface area contributed by atoms with Crippen LogP contribution in [-0.4, -0.2) is 53.8 Å². The quantitative estimate of drug-likeness (QED) is 0.587. The summed E-state index contributed by atoms with van der Waals surface area (Å²) in [6.07, 6.45) is 1.55. The molecule has 0 aliphatic carbocycles. The second kappa shape index (κ2) is 8.63. The van der Waals surface area contributed by atoms with Crippen LogP contribution in [0.15, 0.2) is 30.5 Å². The summed E-state index contributed by atoms with van der Waals surface area (Å²) in [6, 6.07) is 6.85. The Morgan fingerprint density at radius 3 is 2.60 bits per heavy atom. The smallest absolute Gasteiger partial charge is 0.341 e. The SMILES string of the molecule is CCOC(=O)c1cnc2ccc(-c3cc(Cl)c(O)c(Cl)c3)nc2c1N1CCNCC1. The van der Waals surface area contributed by atoms with Crippen molar-refractivity contribution in [1.82, 2.24) is 15.3 Å².